The maximum absolute atomic E-state index is 10.8. The molecule has 4 aliphatic rings. The van der Waals surface area contributed by atoms with Crippen molar-refractivity contribution < 1.29 is 109 Å². The van der Waals surface area contributed by atoms with Gasteiger partial charge in [0.25, 0.3) is 0 Å². The lowest BCUT2D eigenvalue weighted by atomic mass is 9.97. The van der Waals surface area contributed by atoms with Crippen molar-refractivity contribution >= 4 is 21.6 Å². The van der Waals surface area contributed by atoms with E-state index in [0.717, 1.165) is 51.4 Å². The summed E-state index contributed by atoms with van der Waals surface area (Å²) in [5.74, 6) is 2.33. The second-order valence-corrected chi connectivity index (χ2v) is 21.5. The third-order valence-corrected chi connectivity index (χ3v) is 15.9. The normalized spacial score (nSPS) is 38.3. The topological polar surface area (TPSA) is 357 Å². The largest absolute Gasteiger partial charge is 0.394 e. The van der Waals surface area contributed by atoms with E-state index < -0.39 is 149 Å². The van der Waals surface area contributed by atoms with Crippen LogP contribution in [0.25, 0.3) is 0 Å². The van der Waals surface area contributed by atoms with Gasteiger partial charge in [0.05, 0.1) is 26.4 Å². The molecule has 0 aliphatic carbocycles. The highest BCUT2D eigenvalue weighted by Gasteiger charge is 2.52. The molecule has 4 aliphatic heterocycles. The third kappa shape index (κ3) is 19.4. The molecule has 0 radical (unpaired) electrons. The molecule has 0 amide bonds. The van der Waals surface area contributed by atoms with Gasteiger partial charge in [0.2, 0.25) is 0 Å². The summed E-state index contributed by atoms with van der Waals surface area (Å²) in [5.41, 5.74) is 0. The van der Waals surface area contributed by atoms with Crippen LogP contribution in [-0.2, 0) is 37.9 Å². The first-order chi connectivity index (χ1) is 33.8. The number of rotatable bonds is 35. The van der Waals surface area contributed by atoms with Gasteiger partial charge in [0.15, 0.2) is 25.2 Å². The molecule has 4 heterocycles. The van der Waals surface area contributed by atoms with Gasteiger partial charge in [-0.15, -0.1) is 0 Å². The predicted molar refractivity (Wildman–Crippen MR) is 253 cm³/mol. The second-order valence-electron chi connectivity index (χ2n) is 18.8. The van der Waals surface area contributed by atoms with Gasteiger partial charge in [0, 0.05) is 24.7 Å². The third-order valence-electron chi connectivity index (χ3n) is 13.3. The molecule has 4 fully saturated rings. The maximum atomic E-state index is 10.8. The molecule has 0 spiro atoms. The van der Waals surface area contributed by atoms with E-state index in [0.29, 0.717) is 0 Å². The first-order valence-corrected chi connectivity index (χ1v) is 27.9. The van der Waals surface area contributed by atoms with Crippen LogP contribution in [0.5, 0.6) is 0 Å². The van der Waals surface area contributed by atoms with E-state index in [1.54, 1.807) is 0 Å². The summed E-state index contributed by atoms with van der Waals surface area (Å²) < 4.78 is 44.5. The summed E-state index contributed by atoms with van der Waals surface area (Å²) >= 11 is 0. The molecule has 70 heavy (non-hydrogen) atoms. The summed E-state index contributed by atoms with van der Waals surface area (Å²) in [4.78, 5) is 0. The Morgan fingerprint density at radius 2 is 0.557 bits per heavy atom. The highest BCUT2D eigenvalue weighted by Crippen LogP contribution is 2.32. The first kappa shape index (κ1) is 62.4. The lowest BCUT2D eigenvalue weighted by Gasteiger charge is -2.45. The fraction of sp³-hybridized carbons (Fsp3) is 1.00. The summed E-state index contributed by atoms with van der Waals surface area (Å²) in [6, 6.07) is 0. The molecule has 0 unspecified atom stereocenters. The molecule has 20 atom stereocenters. The van der Waals surface area contributed by atoms with Crippen LogP contribution < -0.4 is 0 Å². The number of hydrogen-bond donors (Lipinski definition) is 14. The van der Waals surface area contributed by atoms with Crippen LogP contribution in [0, 0.1) is 0 Å². The summed E-state index contributed by atoms with van der Waals surface area (Å²) in [7, 11) is 3.93. The molecule has 0 aromatic heterocycles. The predicted octanol–water partition coefficient (Wildman–Crippen LogP) is -1.33. The van der Waals surface area contributed by atoms with Crippen LogP contribution in [0.2, 0.25) is 0 Å². The molecule has 4 saturated heterocycles. The van der Waals surface area contributed by atoms with Crippen molar-refractivity contribution in [2.45, 2.75) is 238 Å². The van der Waals surface area contributed by atoms with Crippen molar-refractivity contribution in [2.75, 3.05) is 51.1 Å². The SMILES string of the molecule is OC[C@H]1O[C@H](O[C@H]2[C@H](O)[C@@H](O)[C@H](OCCCCCCCCCCCSSCCCCCCCCCCCO[C@@H]3O[C@H](CO)[C@@H](O[C@H]4O[C@H](CO)[C@@H](O)[C@H](O)[C@H]4O)[C@H](O)[C@H]3O)O[C@@H]2CO)[C@H](O)[C@@H](O)[C@@H]1O. The van der Waals surface area contributed by atoms with Gasteiger partial charge in [0.1, 0.15) is 97.7 Å². The Morgan fingerprint density at radius 1 is 0.286 bits per heavy atom. The van der Waals surface area contributed by atoms with E-state index in [1.807, 2.05) is 21.6 Å². The Balaban J connectivity index is 0.883. The van der Waals surface area contributed by atoms with Gasteiger partial charge < -0.3 is 109 Å². The summed E-state index contributed by atoms with van der Waals surface area (Å²) in [5, 5.41) is 142. The van der Waals surface area contributed by atoms with Crippen LogP contribution in [0.15, 0.2) is 0 Å². The summed E-state index contributed by atoms with van der Waals surface area (Å²) in [6.45, 7) is -1.99. The molecule has 14 N–H and O–H groups in total. The van der Waals surface area contributed by atoms with Crippen LogP contribution in [-0.4, -0.2) is 245 Å². The molecule has 4 rings (SSSR count). The van der Waals surface area contributed by atoms with E-state index in [9.17, 15) is 71.5 Å². The zero-order valence-electron chi connectivity index (χ0n) is 40.3. The van der Waals surface area contributed by atoms with Gasteiger partial charge in [-0.25, -0.2) is 0 Å². The minimum atomic E-state index is -1.72. The fourth-order valence-corrected chi connectivity index (χ4v) is 11.2. The van der Waals surface area contributed by atoms with Crippen molar-refractivity contribution in [2.24, 2.45) is 0 Å². The quantitative estimate of drug-likeness (QED) is 0.0258. The molecule has 24 heteroatoms. The smallest absolute Gasteiger partial charge is 0.187 e. The standard InChI is InChI=1S/C46H86O22S2/c47-23-27-31(51)33(53)37(57)45(63-27)67-41-29(25-49)65-43(39(59)35(41)55)61-19-15-11-7-3-1-5-9-13-17-21-69-70-22-18-14-10-6-2-4-8-12-16-20-62-44-40(60)36(56)42(30(26-50)66-44)68-46-38(58)34(54)32(52)28(24-48)64-46/h27-60H,1-26H2/t27-,28-,29-,30-,31-,32-,33+,34+,35-,36-,37-,38-,39-,40-,41-,42-,43-,44-,45-,46-/m1/s1. The van der Waals surface area contributed by atoms with E-state index in [4.69, 9.17) is 37.9 Å². The molecule has 0 bridgehead atoms. The minimum absolute atomic E-state index is 0.280. The van der Waals surface area contributed by atoms with Gasteiger partial charge in [-0.1, -0.05) is 111 Å². The van der Waals surface area contributed by atoms with Gasteiger partial charge in [-0.3, -0.25) is 0 Å². The van der Waals surface area contributed by atoms with Crippen LogP contribution >= 0.6 is 21.6 Å². The highest BCUT2D eigenvalue weighted by atomic mass is 33.1. The maximum Gasteiger partial charge on any atom is 0.187 e. The molecule has 414 valence electrons. The Bertz CT molecular complexity index is 1240. The van der Waals surface area contributed by atoms with Gasteiger partial charge >= 0.3 is 0 Å². The number of hydrogen-bond acceptors (Lipinski definition) is 24. The molecule has 0 aromatic rings. The number of aliphatic hydroxyl groups is 14. The van der Waals surface area contributed by atoms with Gasteiger partial charge in [-0.2, -0.15) is 0 Å². The lowest BCUT2D eigenvalue weighted by Crippen LogP contribution is -2.64. The Hall–Kier alpha value is -0.180. The minimum Gasteiger partial charge on any atom is -0.394 e. The highest BCUT2D eigenvalue weighted by molar-refractivity contribution is 8.76. The van der Waals surface area contributed by atoms with Crippen molar-refractivity contribution in [1.82, 2.24) is 0 Å². The Morgan fingerprint density at radius 3 is 0.871 bits per heavy atom. The van der Waals surface area contributed by atoms with Crippen molar-refractivity contribution in [3.05, 3.63) is 0 Å². The molecular weight excluding hydrogens is 969 g/mol. The summed E-state index contributed by atoms with van der Waals surface area (Å²) in [6.07, 6.45) is -9.55. The monoisotopic (exact) mass is 1050 g/mol. The Kier molecular flexibility index (Phi) is 30.7. The van der Waals surface area contributed by atoms with E-state index in [1.165, 1.54) is 75.7 Å². The van der Waals surface area contributed by atoms with Crippen molar-refractivity contribution in [3.8, 4) is 0 Å². The second kappa shape index (κ2) is 34.5. The molecule has 0 saturated carbocycles. The number of unbranched alkanes of at least 4 members (excludes halogenated alkanes) is 16. The van der Waals surface area contributed by atoms with E-state index >= 15 is 0 Å². The lowest BCUT2D eigenvalue weighted by molar-refractivity contribution is -0.359. The zero-order chi connectivity index (χ0) is 51.0. The number of ether oxygens (including phenoxy) is 8. The van der Waals surface area contributed by atoms with Crippen LogP contribution in [0.1, 0.15) is 116 Å². The first-order valence-electron chi connectivity index (χ1n) is 25.4. The average Bonchev–Trinajstić information content (AvgIpc) is 3.36. The fourth-order valence-electron chi connectivity index (χ4n) is 8.90. The van der Waals surface area contributed by atoms with Crippen LogP contribution in [0.4, 0.5) is 0 Å². The zero-order valence-corrected chi connectivity index (χ0v) is 41.9. The number of aliphatic hydroxyl groups excluding tert-OH is 14. The molecular formula is C46H86O22S2. The Labute approximate surface area is 419 Å². The van der Waals surface area contributed by atoms with Crippen molar-refractivity contribution in [1.29, 1.82) is 0 Å². The van der Waals surface area contributed by atoms with Crippen LogP contribution in [0.3, 0.4) is 0 Å². The van der Waals surface area contributed by atoms with Crippen molar-refractivity contribution in [3.63, 3.8) is 0 Å². The molecule has 0 aromatic carbocycles. The molecule has 22 nitrogen and oxygen atoms in total. The van der Waals surface area contributed by atoms with E-state index in [2.05, 4.69) is 0 Å². The van der Waals surface area contributed by atoms with E-state index in [-0.39, 0.29) is 13.2 Å². The average molecular weight is 1060 g/mol. The van der Waals surface area contributed by atoms with Gasteiger partial charge in [-0.05, 0) is 25.7 Å².